The summed E-state index contributed by atoms with van der Waals surface area (Å²) in [5.41, 5.74) is 4.96. The van der Waals surface area contributed by atoms with Crippen LogP contribution in [0.25, 0.3) is 22.3 Å². The first-order valence-corrected chi connectivity index (χ1v) is 8.78. The summed E-state index contributed by atoms with van der Waals surface area (Å²) in [6.07, 6.45) is 2.11. The third kappa shape index (κ3) is 3.01. The van der Waals surface area contributed by atoms with Crippen LogP contribution in [0.5, 0.6) is 0 Å². The molecular weight excluding hydrogens is 310 g/mol. The van der Waals surface area contributed by atoms with Gasteiger partial charge in [-0.2, -0.15) is 0 Å². The average molecular weight is 327 g/mol. The summed E-state index contributed by atoms with van der Waals surface area (Å²) < 4.78 is 0. The predicted molar refractivity (Wildman–Crippen MR) is 102 cm³/mol. The summed E-state index contributed by atoms with van der Waals surface area (Å²) in [4.78, 5) is 4.72. The highest BCUT2D eigenvalue weighted by atomic mass is 32.2. The van der Waals surface area contributed by atoms with Gasteiger partial charge in [0.1, 0.15) is 0 Å². The summed E-state index contributed by atoms with van der Waals surface area (Å²) >= 11 is 1.77. The van der Waals surface area contributed by atoms with Gasteiger partial charge in [0.15, 0.2) is 0 Å². The maximum absolute atomic E-state index is 3.48. The zero-order valence-electron chi connectivity index (χ0n) is 13.1. The van der Waals surface area contributed by atoms with E-state index in [2.05, 4.69) is 96.1 Å². The SMILES string of the molecule is c1ccc(Sc2[nH]cc(-c3ccccc3)c2-c2ccccc2)cc1. The molecule has 0 aliphatic heterocycles. The van der Waals surface area contributed by atoms with Gasteiger partial charge in [0.25, 0.3) is 0 Å². The average Bonchev–Trinajstić information content (AvgIpc) is 3.07. The quantitative estimate of drug-likeness (QED) is 0.452. The molecule has 0 saturated heterocycles. The molecule has 2 heteroatoms. The van der Waals surface area contributed by atoms with Crippen LogP contribution in [0, 0.1) is 0 Å². The maximum atomic E-state index is 3.48. The normalized spacial score (nSPS) is 10.7. The third-order valence-corrected chi connectivity index (χ3v) is 4.99. The van der Waals surface area contributed by atoms with Crippen molar-refractivity contribution < 1.29 is 0 Å². The molecule has 1 aromatic heterocycles. The minimum Gasteiger partial charge on any atom is -0.355 e. The zero-order chi connectivity index (χ0) is 16.2. The lowest BCUT2D eigenvalue weighted by Crippen LogP contribution is -1.83. The van der Waals surface area contributed by atoms with Crippen LogP contribution in [-0.4, -0.2) is 4.98 Å². The van der Waals surface area contributed by atoms with E-state index in [0.29, 0.717) is 0 Å². The van der Waals surface area contributed by atoms with Crippen LogP contribution >= 0.6 is 11.8 Å². The van der Waals surface area contributed by atoms with Crippen molar-refractivity contribution in [2.75, 3.05) is 0 Å². The Morgan fingerprint density at radius 2 is 1.12 bits per heavy atom. The Kier molecular flexibility index (Phi) is 4.22. The Morgan fingerprint density at radius 3 is 1.75 bits per heavy atom. The number of benzene rings is 3. The summed E-state index contributed by atoms with van der Waals surface area (Å²) in [6, 6.07) is 31.6. The van der Waals surface area contributed by atoms with Gasteiger partial charge in [0, 0.05) is 22.2 Å². The van der Waals surface area contributed by atoms with Crippen LogP contribution in [-0.2, 0) is 0 Å². The topological polar surface area (TPSA) is 15.8 Å². The molecule has 0 bridgehead atoms. The Balaban J connectivity index is 1.84. The first kappa shape index (κ1) is 14.9. The van der Waals surface area contributed by atoms with E-state index in [1.165, 1.54) is 32.2 Å². The van der Waals surface area contributed by atoms with Crippen LogP contribution in [0.3, 0.4) is 0 Å². The molecule has 0 aliphatic carbocycles. The fraction of sp³-hybridized carbons (Fsp3) is 0. The predicted octanol–water partition coefficient (Wildman–Crippen LogP) is 6.50. The van der Waals surface area contributed by atoms with Crippen LogP contribution in [0.2, 0.25) is 0 Å². The molecule has 1 heterocycles. The van der Waals surface area contributed by atoms with E-state index in [9.17, 15) is 0 Å². The van der Waals surface area contributed by atoms with Crippen molar-refractivity contribution in [2.24, 2.45) is 0 Å². The molecular formula is C22H17NS. The van der Waals surface area contributed by atoms with E-state index in [1.54, 1.807) is 11.8 Å². The molecule has 0 amide bonds. The highest BCUT2D eigenvalue weighted by Gasteiger charge is 2.15. The molecule has 0 saturated carbocycles. The highest BCUT2D eigenvalue weighted by molar-refractivity contribution is 7.99. The number of aromatic nitrogens is 1. The molecule has 1 nitrogen and oxygen atoms in total. The van der Waals surface area contributed by atoms with Crippen LogP contribution in [0.15, 0.2) is 107 Å². The number of H-pyrrole nitrogens is 1. The van der Waals surface area contributed by atoms with Crippen molar-refractivity contribution in [3.05, 3.63) is 97.2 Å². The first-order chi connectivity index (χ1) is 11.9. The first-order valence-electron chi connectivity index (χ1n) is 7.97. The molecule has 0 fully saturated rings. The Labute approximate surface area is 146 Å². The number of aromatic amines is 1. The Hall–Kier alpha value is -2.71. The maximum Gasteiger partial charge on any atom is 0.0856 e. The number of rotatable bonds is 4. The minimum atomic E-state index is 1.17. The third-order valence-electron chi connectivity index (χ3n) is 3.95. The molecule has 0 unspecified atom stereocenters. The van der Waals surface area contributed by atoms with E-state index in [1.807, 2.05) is 6.07 Å². The molecule has 0 radical (unpaired) electrons. The summed E-state index contributed by atoms with van der Waals surface area (Å²) in [5, 5.41) is 1.17. The molecule has 3 aromatic carbocycles. The fourth-order valence-electron chi connectivity index (χ4n) is 2.83. The minimum absolute atomic E-state index is 1.17. The lowest BCUT2D eigenvalue weighted by atomic mass is 9.99. The smallest absolute Gasteiger partial charge is 0.0856 e. The van der Waals surface area contributed by atoms with Crippen LogP contribution in [0.4, 0.5) is 0 Å². The van der Waals surface area contributed by atoms with Gasteiger partial charge in [0.2, 0.25) is 0 Å². The van der Waals surface area contributed by atoms with Crippen LogP contribution in [0.1, 0.15) is 0 Å². The number of hydrogen-bond acceptors (Lipinski definition) is 1. The lowest BCUT2D eigenvalue weighted by molar-refractivity contribution is 1.20. The molecule has 4 aromatic rings. The van der Waals surface area contributed by atoms with Gasteiger partial charge in [-0.05, 0) is 23.3 Å². The van der Waals surface area contributed by atoms with Gasteiger partial charge >= 0.3 is 0 Å². The molecule has 116 valence electrons. The summed E-state index contributed by atoms with van der Waals surface area (Å²) in [7, 11) is 0. The number of hydrogen-bond donors (Lipinski definition) is 1. The van der Waals surface area contributed by atoms with E-state index >= 15 is 0 Å². The van der Waals surface area contributed by atoms with Gasteiger partial charge in [-0.25, -0.2) is 0 Å². The molecule has 1 N–H and O–H groups in total. The largest absolute Gasteiger partial charge is 0.355 e. The van der Waals surface area contributed by atoms with E-state index in [4.69, 9.17) is 0 Å². The van der Waals surface area contributed by atoms with E-state index in [0.717, 1.165) is 0 Å². The van der Waals surface area contributed by atoms with Crippen molar-refractivity contribution in [3.63, 3.8) is 0 Å². The second-order valence-electron chi connectivity index (χ2n) is 5.55. The molecule has 0 aliphatic rings. The van der Waals surface area contributed by atoms with Gasteiger partial charge in [-0.1, -0.05) is 90.6 Å². The van der Waals surface area contributed by atoms with Gasteiger partial charge in [-0.15, -0.1) is 0 Å². The van der Waals surface area contributed by atoms with Crippen molar-refractivity contribution in [1.29, 1.82) is 0 Å². The van der Waals surface area contributed by atoms with Gasteiger partial charge < -0.3 is 4.98 Å². The lowest BCUT2D eigenvalue weighted by Gasteiger charge is -2.08. The number of nitrogens with one attached hydrogen (secondary N) is 1. The molecule has 4 rings (SSSR count). The zero-order valence-corrected chi connectivity index (χ0v) is 14.0. The van der Waals surface area contributed by atoms with Crippen molar-refractivity contribution >= 4 is 11.8 Å². The van der Waals surface area contributed by atoms with Gasteiger partial charge in [0.05, 0.1) is 5.03 Å². The van der Waals surface area contributed by atoms with Gasteiger partial charge in [-0.3, -0.25) is 0 Å². The molecule has 0 spiro atoms. The summed E-state index contributed by atoms with van der Waals surface area (Å²) in [5.74, 6) is 0. The standard InChI is InChI=1S/C22H17NS/c1-4-10-17(11-5-1)20-16-23-22(24-19-14-8-3-9-15-19)21(20)18-12-6-2-7-13-18/h1-16,23H. The second kappa shape index (κ2) is 6.81. The Morgan fingerprint density at radius 1 is 0.583 bits per heavy atom. The monoisotopic (exact) mass is 327 g/mol. The van der Waals surface area contributed by atoms with Crippen molar-refractivity contribution in [2.45, 2.75) is 9.92 Å². The summed E-state index contributed by atoms with van der Waals surface area (Å²) in [6.45, 7) is 0. The second-order valence-corrected chi connectivity index (χ2v) is 6.64. The van der Waals surface area contributed by atoms with E-state index in [-0.39, 0.29) is 0 Å². The Bertz CT molecular complexity index is 912. The molecule has 0 atom stereocenters. The fourth-order valence-corrected chi connectivity index (χ4v) is 3.80. The van der Waals surface area contributed by atoms with Crippen molar-refractivity contribution in [3.8, 4) is 22.3 Å². The van der Waals surface area contributed by atoms with Crippen molar-refractivity contribution in [1.82, 2.24) is 4.98 Å². The van der Waals surface area contributed by atoms with E-state index < -0.39 is 0 Å². The molecule has 24 heavy (non-hydrogen) atoms. The highest BCUT2D eigenvalue weighted by Crippen LogP contribution is 2.41. The van der Waals surface area contributed by atoms with Crippen LogP contribution < -0.4 is 0 Å².